The van der Waals surface area contributed by atoms with Crippen LogP contribution in [0.25, 0.3) is 11.1 Å². The highest BCUT2D eigenvalue weighted by molar-refractivity contribution is 6.05. The average molecular weight is 880 g/mol. The Labute approximate surface area is 382 Å². The number of nitrogens with zero attached hydrogens (tertiary/aromatic N) is 6. The van der Waals surface area contributed by atoms with Crippen LogP contribution >= 0.6 is 0 Å². The molecular weight excluding hydrogens is 819 g/mol. The fraction of sp³-hybridized carbons (Fsp3) is 0.423. The highest BCUT2D eigenvalue weighted by atomic mass is 16.5. The van der Waals surface area contributed by atoms with Crippen LogP contribution in [0.2, 0.25) is 0 Å². The van der Waals surface area contributed by atoms with E-state index in [9.17, 15) is 24.3 Å². The lowest BCUT2D eigenvalue weighted by Gasteiger charge is -2.41. The van der Waals surface area contributed by atoms with Crippen molar-refractivity contribution in [1.29, 1.82) is 0 Å². The molecule has 4 aromatic carbocycles. The molecule has 4 fully saturated rings. The van der Waals surface area contributed by atoms with Gasteiger partial charge in [0.25, 0.3) is 5.91 Å². The lowest BCUT2D eigenvalue weighted by Crippen LogP contribution is -2.55. The van der Waals surface area contributed by atoms with Gasteiger partial charge in [-0.2, -0.15) is 0 Å². The van der Waals surface area contributed by atoms with Gasteiger partial charge in [-0.15, -0.1) is 0 Å². The molecule has 0 spiro atoms. The van der Waals surface area contributed by atoms with Crippen LogP contribution in [0.3, 0.4) is 0 Å². The van der Waals surface area contributed by atoms with Crippen molar-refractivity contribution in [3.63, 3.8) is 0 Å². The molecular formula is C52H61N7O6. The predicted molar refractivity (Wildman–Crippen MR) is 252 cm³/mol. The summed E-state index contributed by atoms with van der Waals surface area (Å²) >= 11 is 0. The summed E-state index contributed by atoms with van der Waals surface area (Å²) in [5, 5.41) is 12.4. The molecule has 13 nitrogen and oxygen atoms in total. The standard InChI is InChI=1S/C52H61N7O6/c1-2-45(38-6-4-3-5-7-38)49(39-8-13-43(60)14-9-39)40-10-15-44(16-11-40)65-33-32-54-24-30-58(31-25-54)52(64)57-22-20-37(21-23-57)35-55-26-28-56(29-27-55)42-12-17-46-41(34-42)36-59(51(46)63)47-18-19-48(61)53-50(47)62/h3-17,34,37,47,60H,2,18-33,35-36H2,1H3,(H,53,61,62)/b49-45-. The Bertz CT molecular complexity index is 2360. The zero-order chi connectivity index (χ0) is 44.9. The second-order valence-corrected chi connectivity index (χ2v) is 18.1. The number of imide groups is 1. The minimum atomic E-state index is -0.604. The van der Waals surface area contributed by atoms with Gasteiger partial charge in [0, 0.05) is 103 Å². The number of hydrogen-bond acceptors (Lipinski definition) is 9. The van der Waals surface area contributed by atoms with Gasteiger partial charge in [0.2, 0.25) is 11.8 Å². The van der Waals surface area contributed by atoms with Gasteiger partial charge in [-0.25, -0.2) is 4.79 Å². The molecule has 1 atom stereocenters. The summed E-state index contributed by atoms with van der Waals surface area (Å²) in [6.07, 6.45) is 3.52. The number of fused-ring (bicyclic) bond motifs is 1. The van der Waals surface area contributed by atoms with E-state index < -0.39 is 6.04 Å². The van der Waals surface area contributed by atoms with Crippen LogP contribution in [-0.4, -0.2) is 145 Å². The first kappa shape index (κ1) is 44.0. The Kier molecular flexibility index (Phi) is 13.5. The number of hydrogen-bond donors (Lipinski definition) is 2. The molecule has 0 bridgehead atoms. The second kappa shape index (κ2) is 19.9. The Balaban J connectivity index is 0.683. The number of benzene rings is 4. The summed E-state index contributed by atoms with van der Waals surface area (Å²) in [5.74, 6) is 0.846. The molecule has 340 valence electrons. The number of piperidine rings is 2. The van der Waals surface area contributed by atoms with Gasteiger partial charge < -0.3 is 29.4 Å². The maximum absolute atomic E-state index is 13.6. The Morgan fingerprint density at radius 3 is 2.06 bits per heavy atom. The molecule has 5 aliphatic heterocycles. The van der Waals surface area contributed by atoms with Crippen LogP contribution < -0.4 is 15.0 Å². The highest BCUT2D eigenvalue weighted by Gasteiger charge is 2.39. The van der Waals surface area contributed by atoms with Crippen LogP contribution in [0.4, 0.5) is 10.5 Å². The van der Waals surface area contributed by atoms with Gasteiger partial charge in [-0.3, -0.25) is 29.5 Å². The first-order valence-corrected chi connectivity index (χ1v) is 23.5. The van der Waals surface area contributed by atoms with Crippen molar-refractivity contribution in [2.75, 3.05) is 90.0 Å². The molecule has 0 aromatic heterocycles. The number of amides is 5. The fourth-order valence-corrected chi connectivity index (χ4v) is 10.3. The number of ether oxygens (including phenoxy) is 1. The second-order valence-electron chi connectivity index (χ2n) is 18.1. The van der Waals surface area contributed by atoms with E-state index in [4.69, 9.17) is 4.74 Å². The van der Waals surface area contributed by atoms with Crippen molar-refractivity contribution < 1.29 is 29.0 Å². The molecule has 1 unspecified atom stereocenters. The zero-order valence-corrected chi connectivity index (χ0v) is 37.5. The normalized spacial score (nSPS) is 20.4. The number of likely N-dealkylation sites (tertiary alicyclic amines) is 1. The van der Waals surface area contributed by atoms with E-state index in [0.717, 1.165) is 131 Å². The summed E-state index contributed by atoms with van der Waals surface area (Å²) in [4.78, 5) is 63.9. The van der Waals surface area contributed by atoms with Gasteiger partial charge in [-0.05, 0) is 107 Å². The number of piperazine rings is 2. The van der Waals surface area contributed by atoms with E-state index in [1.54, 1.807) is 17.0 Å². The molecule has 5 aliphatic rings. The lowest BCUT2D eigenvalue weighted by atomic mass is 9.88. The first-order chi connectivity index (χ1) is 31.7. The van der Waals surface area contributed by atoms with E-state index in [0.29, 0.717) is 31.1 Å². The molecule has 2 N–H and O–H groups in total. The van der Waals surface area contributed by atoms with E-state index in [2.05, 4.69) is 74.3 Å². The van der Waals surface area contributed by atoms with Crippen molar-refractivity contribution in [1.82, 2.24) is 29.8 Å². The number of carbonyl (C=O) groups is 4. The van der Waals surface area contributed by atoms with Crippen LogP contribution in [0.1, 0.15) is 71.6 Å². The van der Waals surface area contributed by atoms with Crippen molar-refractivity contribution in [2.45, 2.75) is 51.6 Å². The topological polar surface area (TPSA) is 129 Å². The molecule has 5 amide bonds. The minimum absolute atomic E-state index is 0.140. The molecule has 13 heteroatoms. The van der Waals surface area contributed by atoms with Crippen LogP contribution in [0.5, 0.6) is 11.5 Å². The van der Waals surface area contributed by atoms with Gasteiger partial charge in [0.1, 0.15) is 24.1 Å². The lowest BCUT2D eigenvalue weighted by molar-refractivity contribution is -0.136. The fourth-order valence-electron chi connectivity index (χ4n) is 10.3. The van der Waals surface area contributed by atoms with Crippen molar-refractivity contribution in [2.24, 2.45) is 5.92 Å². The number of urea groups is 1. The zero-order valence-electron chi connectivity index (χ0n) is 37.5. The molecule has 0 aliphatic carbocycles. The maximum Gasteiger partial charge on any atom is 0.320 e. The third kappa shape index (κ3) is 10.1. The number of anilines is 1. The van der Waals surface area contributed by atoms with E-state index in [1.807, 2.05) is 47.4 Å². The van der Waals surface area contributed by atoms with Crippen LogP contribution in [0, 0.1) is 5.92 Å². The average Bonchev–Trinajstić information content (AvgIpc) is 3.66. The number of phenolic OH excluding ortho intramolecular Hbond substituents is 1. The number of carbonyl (C=O) groups excluding carboxylic acids is 4. The quantitative estimate of drug-likeness (QED) is 0.127. The van der Waals surface area contributed by atoms with Crippen molar-refractivity contribution in [3.8, 4) is 11.5 Å². The number of allylic oxidation sites excluding steroid dienone is 1. The third-order valence-corrected chi connectivity index (χ3v) is 14.0. The smallest absolute Gasteiger partial charge is 0.320 e. The summed E-state index contributed by atoms with van der Waals surface area (Å²) in [6.45, 7) is 13.5. The molecule has 9 rings (SSSR count). The Hall–Kier alpha value is -6.18. The predicted octanol–water partition coefficient (Wildman–Crippen LogP) is 6.17. The molecule has 4 aromatic rings. The number of nitrogens with one attached hydrogen (secondary N) is 1. The molecule has 0 radical (unpaired) electrons. The number of rotatable bonds is 12. The van der Waals surface area contributed by atoms with Gasteiger partial charge in [0.05, 0.1) is 0 Å². The summed E-state index contributed by atoms with van der Waals surface area (Å²) in [5.41, 5.74) is 8.41. The van der Waals surface area contributed by atoms with E-state index in [-0.39, 0.29) is 35.9 Å². The van der Waals surface area contributed by atoms with Crippen molar-refractivity contribution >= 4 is 40.6 Å². The van der Waals surface area contributed by atoms with Crippen LogP contribution in [-0.2, 0) is 16.1 Å². The summed E-state index contributed by atoms with van der Waals surface area (Å²) < 4.78 is 6.22. The number of phenols is 1. The SMILES string of the molecule is CC/C(=C(\c1ccc(O)cc1)c1ccc(OCCN2CCN(C(=O)N3CCC(CN4CCN(c5ccc6c(c5)CN(C5CCC(=O)NC5=O)C6=O)CC4)CC3)CC2)cc1)c1ccccc1. The van der Waals surface area contributed by atoms with E-state index >= 15 is 0 Å². The maximum atomic E-state index is 13.6. The number of aromatic hydroxyl groups is 1. The summed E-state index contributed by atoms with van der Waals surface area (Å²) in [6, 6.07) is 31.8. The van der Waals surface area contributed by atoms with Gasteiger partial charge >= 0.3 is 6.03 Å². The van der Waals surface area contributed by atoms with Gasteiger partial charge in [-0.1, -0.05) is 61.5 Å². The monoisotopic (exact) mass is 879 g/mol. The Morgan fingerprint density at radius 1 is 0.723 bits per heavy atom. The molecule has 5 heterocycles. The highest BCUT2D eigenvalue weighted by Crippen LogP contribution is 2.36. The first-order valence-electron chi connectivity index (χ1n) is 23.5. The minimum Gasteiger partial charge on any atom is -0.508 e. The van der Waals surface area contributed by atoms with Crippen LogP contribution in [0.15, 0.2) is 97.1 Å². The third-order valence-electron chi connectivity index (χ3n) is 14.0. The van der Waals surface area contributed by atoms with E-state index in [1.165, 1.54) is 11.1 Å². The largest absolute Gasteiger partial charge is 0.508 e. The summed E-state index contributed by atoms with van der Waals surface area (Å²) in [7, 11) is 0. The molecule has 0 saturated carbocycles. The molecule has 65 heavy (non-hydrogen) atoms. The Morgan fingerprint density at radius 2 is 1.38 bits per heavy atom. The van der Waals surface area contributed by atoms with Crippen molar-refractivity contribution in [3.05, 3.63) is 125 Å². The van der Waals surface area contributed by atoms with Gasteiger partial charge in [0.15, 0.2) is 0 Å². The molecule has 4 saturated heterocycles.